The minimum atomic E-state index is -0.487. The van der Waals surface area contributed by atoms with Crippen LogP contribution in [0.3, 0.4) is 0 Å². The second-order valence-corrected chi connectivity index (χ2v) is 8.20. The summed E-state index contributed by atoms with van der Waals surface area (Å²) in [6.45, 7) is 4.38. The largest absolute Gasteiger partial charge is 0.298 e. The fraction of sp³-hybridized carbons (Fsp3) is 0.667. The first-order valence-corrected chi connectivity index (χ1v) is 9.06. The predicted octanol–water partition coefficient (Wildman–Crippen LogP) is 1.19. The molecular formula is C18H24N4O2. The number of fused-ring (bicyclic) bond motifs is 2. The highest BCUT2D eigenvalue weighted by Gasteiger charge is 2.58. The summed E-state index contributed by atoms with van der Waals surface area (Å²) in [7, 11) is 0. The lowest BCUT2D eigenvalue weighted by atomic mass is 9.69. The van der Waals surface area contributed by atoms with E-state index in [1.54, 1.807) is 11.7 Å². The molecule has 2 N–H and O–H groups in total. The minimum Gasteiger partial charge on any atom is -0.298 e. The molecule has 5 aliphatic rings. The Morgan fingerprint density at radius 2 is 2.21 bits per heavy atom. The first kappa shape index (κ1) is 14.8. The van der Waals surface area contributed by atoms with Gasteiger partial charge in [0.05, 0.1) is 5.56 Å². The van der Waals surface area contributed by atoms with E-state index in [9.17, 15) is 4.79 Å². The van der Waals surface area contributed by atoms with Gasteiger partial charge < -0.3 is 0 Å². The fourth-order valence-corrected chi connectivity index (χ4v) is 5.12. The van der Waals surface area contributed by atoms with Crippen LogP contribution in [0.4, 0.5) is 0 Å². The van der Waals surface area contributed by atoms with Crippen LogP contribution in [0.1, 0.15) is 47.3 Å². The van der Waals surface area contributed by atoms with Crippen LogP contribution in [0.15, 0.2) is 12.3 Å². The number of hydroxylamine groups is 1. The molecule has 1 aromatic heterocycles. The Labute approximate surface area is 141 Å². The van der Waals surface area contributed by atoms with Gasteiger partial charge in [-0.2, -0.15) is 0 Å². The summed E-state index contributed by atoms with van der Waals surface area (Å²) in [5.41, 5.74) is 4.86. The van der Waals surface area contributed by atoms with Crippen molar-refractivity contribution in [2.24, 2.45) is 5.41 Å². The summed E-state index contributed by atoms with van der Waals surface area (Å²) in [5.74, 6) is -0.487. The SMILES string of the molecule is O=C(NO)c1cnc2c(c1)CN(CC13CC(C1)N(C1CC1)C3)CC2. The molecule has 4 fully saturated rings. The van der Waals surface area contributed by atoms with Gasteiger partial charge in [0.2, 0.25) is 0 Å². The van der Waals surface area contributed by atoms with Crippen molar-refractivity contribution < 1.29 is 10.0 Å². The molecule has 6 rings (SSSR count). The van der Waals surface area contributed by atoms with Crippen molar-refractivity contribution in [3.8, 4) is 0 Å². The van der Waals surface area contributed by atoms with E-state index in [0.29, 0.717) is 11.0 Å². The molecule has 2 saturated heterocycles. The fourth-order valence-electron chi connectivity index (χ4n) is 5.12. The Hall–Kier alpha value is -1.50. The zero-order valence-corrected chi connectivity index (χ0v) is 13.9. The van der Waals surface area contributed by atoms with Crippen LogP contribution in [0.25, 0.3) is 0 Å². The van der Waals surface area contributed by atoms with E-state index in [2.05, 4.69) is 14.8 Å². The lowest BCUT2D eigenvalue weighted by molar-refractivity contribution is 0.0705. The zero-order chi connectivity index (χ0) is 16.3. The highest BCUT2D eigenvalue weighted by Crippen LogP contribution is 2.55. The van der Waals surface area contributed by atoms with E-state index < -0.39 is 5.91 Å². The van der Waals surface area contributed by atoms with Crippen molar-refractivity contribution in [2.75, 3.05) is 19.6 Å². The predicted molar refractivity (Wildman–Crippen MR) is 87.7 cm³/mol. The van der Waals surface area contributed by atoms with Gasteiger partial charge in [0.25, 0.3) is 5.91 Å². The van der Waals surface area contributed by atoms with Crippen molar-refractivity contribution in [1.82, 2.24) is 20.3 Å². The standard InChI is InChI=1S/C18H24N4O2/c23-17(20-24)12-5-13-9-21(4-3-16(13)19-8-12)10-18-6-15(7-18)22(11-18)14-1-2-14/h5,8,14-15,24H,1-4,6-7,9-11H2,(H,20,23). The maximum Gasteiger partial charge on any atom is 0.276 e. The second kappa shape index (κ2) is 5.25. The molecule has 0 unspecified atom stereocenters. The van der Waals surface area contributed by atoms with Gasteiger partial charge in [-0.05, 0) is 42.7 Å². The molecule has 2 aliphatic carbocycles. The molecule has 6 heteroatoms. The number of amides is 1. The Morgan fingerprint density at radius 1 is 1.38 bits per heavy atom. The summed E-state index contributed by atoms with van der Waals surface area (Å²) in [5, 5.41) is 8.81. The van der Waals surface area contributed by atoms with E-state index in [1.165, 1.54) is 38.8 Å². The number of hydrogen-bond donors (Lipinski definition) is 2. The molecule has 2 bridgehead atoms. The van der Waals surface area contributed by atoms with E-state index in [-0.39, 0.29) is 0 Å². The first-order chi connectivity index (χ1) is 11.7. The maximum absolute atomic E-state index is 11.6. The van der Waals surface area contributed by atoms with Crippen molar-refractivity contribution >= 4 is 5.91 Å². The summed E-state index contributed by atoms with van der Waals surface area (Å²) >= 11 is 0. The molecule has 6 nitrogen and oxygen atoms in total. The van der Waals surface area contributed by atoms with Crippen molar-refractivity contribution in [3.05, 3.63) is 29.1 Å². The highest BCUT2D eigenvalue weighted by molar-refractivity contribution is 5.93. The maximum atomic E-state index is 11.6. The van der Waals surface area contributed by atoms with Crippen LogP contribution >= 0.6 is 0 Å². The summed E-state index contributed by atoms with van der Waals surface area (Å²) in [6.07, 6.45) is 8.06. The molecule has 24 heavy (non-hydrogen) atoms. The molecule has 1 aromatic rings. The molecule has 2 saturated carbocycles. The monoisotopic (exact) mass is 328 g/mol. The van der Waals surface area contributed by atoms with Crippen molar-refractivity contribution in [1.29, 1.82) is 0 Å². The molecule has 3 aliphatic heterocycles. The number of pyridine rings is 1. The number of hydrogen-bond acceptors (Lipinski definition) is 5. The topological polar surface area (TPSA) is 68.7 Å². The Balaban J connectivity index is 1.28. The molecule has 1 amide bonds. The highest BCUT2D eigenvalue weighted by atomic mass is 16.5. The molecule has 0 atom stereocenters. The van der Waals surface area contributed by atoms with Crippen molar-refractivity contribution in [3.63, 3.8) is 0 Å². The normalized spacial score (nSPS) is 32.3. The van der Waals surface area contributed by atoms with Gasteiger partial charge in [0.1, 0.15) is 0 Å². The minimum absolute atomic E-state index is 0.431. The van der Waals surface area contributed by atoms with Crippen LogP contribution < -0.4 is 5.48 Å². The molecule has 0 spiro atoms. The molecular weight excluding hydrogens is 304 g/mol. The third-order valence-corrected chi connectivity index (χ3v) is 6.38. The Kier molecular flexibility index (Phi) is 3.24. The number of aromatic nitrogens is 1. The number of carbonyl (C=O) groups is 1. The van der Waals surface area contributed by atoms with Gasteiger partial charge >= 0.3 is 0 Å². The average Bonchev–Trinajstić information content (AvgIpc) is 3.28. The number of nitrogens with zero attached hydrogens (tertiary/aromatic N) is 3. The van der Waals surface area contributed by atoms with Crippen LogP contribution in [0, 0.1) is 5.41 Å². The Bertz CT molecular complexity index is 682. The van der Waals surface area contributed by atoms with Crippen LogP contribution in [-0.4, -0.2) is 57.6 Å². The van der Waals surface area contributed by atoms with Gasteiger partial charge in [0, 0.05) is 56.6 Å². The van der Waals surface area contributed by atoms with Gasteiger partial charge in [-0.25, -0.2) is 5.48 Å². The number of carbonyl (C=O) groups excluding carboxylic acids is 1. The third kappa shape index (κ3) is 2.36. The first-order valence-electron chi connectivity index (χ1n) is 9.06. The van der Waals surface area contributed by atoms with Crippen LogP contribution in [-0.2, 0) is 13.0 Å². The Morgan fingerprint density at radius 3 is 2.96 bits per heavy atom. The van der Waals surface area contributed by atoms with Gasteiger partial charge in [-0.15, -0.1) is 0 Å². The van der Waals surface area contributed by atoms with E-state index in [4.69, 9.17) is 5.21 Å². The zero-order valence-electron chi connectivity index (χ0n) is 13.9. The van der Waals surface area contributed by atoms with Gasteiger partial charge in [-0.1, -0.05) is 0 Å². The molecule has 4 heterocycles. The van der Waals surface area contributed by atoms with Gasteiger partial charge in [0.15, 0.2) is 0 Å². The lowest BCUT2D eigenvalue weighted by Crippen LogP contribution is -2.45. The van der Waals surface area contributed by atoms with E-state index in [0.717, 1.165) is 42.9 Å². The van der Waals surface area contributed by atoms with Crippen LogP contribution in [0.2, 0.25) is 0 Å². The quantitative estimate of drug-likeness (QED) is 0.642. The summed E-state index contributed by atoms with van der Waals surface area (Å²) in [4.78, 5) is 21.3. The third-order valence-electron chi connectivity index (χ3n) is 6.38. The number of rotatable bonds is 4. The smallest absolute Gasteiger partial charge is 0.276 e. The molecule has 128 valence electrons. The molecule has 0 aromatic carbocycles. The summed E-state index contributed by atoms with van der Waals surface area (Å²) in [6, 6.07) is 3.63. The van der Waals surface area contributed by atoms with Crippen LogP contribution in [0.5, 0.6) is 0 Å². The second-order valence-electron chi connectivity index (χ2n) is 8.20. The molecule has 0 radical (unpaired) electrons. The van der Waals surface area contributed by atoms with Gasteiger partial charge in [-0.3, -0.25) is 24.8 Å². The van der Waals surface area contributed by atoms with E-state index >= 15 is 0 Å². The summed E-state index contributed by atoms with van der Waals surface area (Å²) < 4.78 is 0. The lowest BCUT2D eigenvalue weighted by Gasteiger charge is -2.42. The number of nitrogens with one attached hydrogen (secondary N) is 1. The average molecular weight is 328 g/mol. The van der Waals surface area contributed by atoms with Crippen molar-refractivity contribution in [2.45, 2.75) is 50.7 Å². The van der Waals surface area contributed by atoms with E-state index in [1.807, 2.05) is 6.07 Å².